The van der Waals surface area contributed by atoms with Crippen molar-refractivity contribution in [3.05, 3.63) is 12.2 Å². The highest BCUT2D eigenvalue weighted by atomic mass is 16.3. The predicted molar refractivity (Wildman–Crippen MR) is 38.2 cm³/mol. The summed E-state index contributed by atoms with van der Waals surface area (Å²) in [7, 11) is 0. The molecule has 1 heteroatoms. The third-order valence-electron chi connectivity index (χ3n) is 2.19. The molecule has 0 aliphatic heterocycles. The van der Waals surface area contributed by atoms with Crippen molar-refractivity contribution < 1.29 is 5.11 Å². The van der Waals surface area contributed by atoms with Crippen molar-refractivity contribution in [1.29, 1.82) is 0 Å². The van der Waals surface area contributed by atoms with E-state index in [9.17, 15) is 5.11 Å². The van der Waals surface area contributed by atoms with E-state index < -0.39 is 0 Å². The van der Waals surface area contributed by atoms with Gasteiger partial charge in [-0.3, -0.25) is 0 Å². The van der Waals surface area contributed by atoms with E-state index >= 15 is 0 Å². The van der Waals surface area contributed by atoms with E-state index in [0.29, 0.717) is 5.92 Å². The fourth-order valence-corrected chi connectivity index (χ4v) is 1.55. The van der Waals surface area contributed by atoms with E-state index in [4.69, 9.17) is 0 Å². The van der Waals surface area contributed by atoms with E-state index in [1.54, 1.807) is 0 Å². The molecule has 1 nitrogen and oxygen atoms in total. The van der Waals surface area contributed by atoms with Gasteiger partial charge in [0.1, 0.15) is 0 Å². The Balaban J connectivity index is 2.55. The molecule has 0 aromatic carbocycles. The molecule has 52 valence electrons. The van der Waals surface area contributed by atoms with Crippen molar-refractivity contribution in [2.75, 3.05) is 0 Å². The molecule has 0 heterocycles. The number of hydrogen-bond donors (Lipinski definition) is 1. The average Bonchev–Trinajstić information content (AvgIpc) is 2.12. The second kappa shape index (κ2) is 2.53. The quantitative estimate of drug-likeness (QED) is 0.530. The summed E-state index contributed by atoms with van der Waals surface area (Å²) < 4.78 is 0. The Morgan fingerprint density at radius 3 is 2.67 bits per heavy atom. The summed E-state index contributed by atoms with van der Waals surface area (Å²) in [4.78, 5) is 0. The zero-order valence-electron chi connectivity index (χ0n) is 5.93. The van der Waals surface area contributed by atoms with Gasteiger partial charge in [0.05, 0.1) is 6.10 Å². The minimum atomic E-state index is -0.0949. The molecule has 0 bridgehead atoms. The molecule has 0 unspecified atom stereocenters. The molecular weight excluding hydrogens is 112 g/mol. The molecule has 0 spiro atoms. The van der Waals surface area contributed by atoms with Crippen LogP contribution in [-0.2, 0) is 0 Å². The zero-order chi connectivity index (χ0) is 6.85. The largest absolute Gasteiger partial charge is 0.392 e. The Labute approximate surface area is 56.4 Å². The summed E-state index contributed by atoms with van der Waals surface area (Å²) >= 11 is 0. The normalized spacial score (nSPS) is 35.6. The number of rotatable bonds is 1. The van der Waals surface area contributed by atoms with E-state index in [1.807, 2.05) is 0 Å². The Morgan fingerprint density at radius 1 is 1.78 bits per heavy atom. The van der Waals surface area contributed by atoms with Gasteiger partial charge in [0, 0.05) is 5.92 Å². The van der Waals surface area contributed by atoms with Crippen molar-refractivity contribution in [2.24, 2.45) is 5.92 Å². The SMILES string of the molecule is C=C1CC[C@H](O)[C@H]1CC. The van der Waals surface area contributed by atoms with Crippen LogP contribution in [-0.4, -0.2) is 11.2 Å². The van der Waals surface area contributed by atoms with Crippen LogP contribution in [0, 0.1) is 5.92 Å². The maximum Gasteiger partial charge on any atom is 0.0608 e. The first kappa shape index (κ1) is 6.81. The summed E-state index contributed by atoms with van der Waals surface area (Å²) in [5.74, 6) is 0.394. The number of hydrogen-bond acceptors (Lipinski definition) is 1. The van der Waals surface area contributed by atoms with Gasteiger partial charge in [-0.25, -0.2) is 0 Å². The summed E-state index contributed by atoms with van der Waals surface area (Å²) in [5.41, 5.74) is 1.24. The van der Waals surface area contributed by atoms with Gasteiger partial charge in [-0.1, -0.05) is 19.1 Å². The van der Waals surface area contributed by atoms with Crippen LogP contribution in [0.25, 0.3) is 0 Å². The molecule has 1 N–H and O–H groups in total. The monoisotopic (exact) mass is 126 g/mol. The van der Waals surface area contributed by atoms with Crippen LogP contribution in [0.2, 0.25) is 0 Å². The highest BCUT2D eigenvalue weighted by Crippen LogP contribution is 2.31. The van der Waals surface area contributed by atoms with Crippen LogP contribution in [0.15, 0.2) is 12.2 Å². The number of aliphatic hydroxyl groups excluding tert-OH is 1. The van der Waals surface area contributed by atoms with E-state index in [1.165, 1.54) is 5.57 Å². The first-order chi connectivity index (χ1) is 4.25. The second-order valence-corrected chi connectivity index (χ2v) is 2.78. The Hall–Kier alpha value is -0.300. The average molecular weight is 126 g/mol. The van der Waals surface area contributed by atoms with Crippen LogP contribution in [0.1, 0.15) is 26.2 Å². The first-order valence-electron chi connectivity index (χ1n) is 3.61. The standard InChI is InChI=1S/C8H14O/c1-3-7-6(2)4-5-8(7)9/h7-9H,2-5H2,1H3/t7-,8-/m0/s1. The van der Waals surface area contributed by atoms with Gasteiger partial charge < -0.3 is 5.11 Å². The topological polar surface area (TPSA) is 20.2 Å². The van der Waals surface area contributed by atoms with E-state index in [0.717, 1.165) is 19.3 Å². The smallest absolute Gasteiger partial charge is 0.0608 e. The van der Waals surface area contributed by atoms with Gasteiger partial charge in [-0.15, -0.1) is 0 Å². The molecule has 1 saturated carbocycles. The lowest BCUT2D eigenvalue weighted by Gasteiger charge is -2.11. The minimum Gasteiger partial charge on any atom is -0.392 e. The van der Waals surface area contributed by atoms with Crippen molar-refractivity contribution in [3.63, 3.8) is 0 Å². The van der Waals surface area contributed by atoms with Crippen molar-refractivity contribution in [2.45, 2.75) is 32.3 Å². The van der Waals surface area contributed by atoms with Crippen LogP contribution >= 0.6 is 0 Å². The molecule has 0 aromatic rings. The van der Waals surface area contributed by atoms with Crippen LogP contribution < -0.4 is 0 Å². The highest BCUT2D eigenvalue weighted by molar-refractivity contribution is 5.08. The molecular formula is C8H14O. The highest BCUT2D eigenvalue weighted by Gasteiger charge is 2.26. The van der Waals surface area contributed by atoms with Crippen LogP contribution in [0.3, 0.4) is 0 Å². The molecule has 2 atom stereocenters. The van der Waals surface area contributed by atoms with Gasteiger partial charge in [0.2, 0.25) is 0 Å². The predicted octanol–water partition coefficient (Wildman–Crippen LogP) is 1.72. The lowest BCUT2D eigenvalue weighted by Crippen LogP contribution is -2.12. The summed E-state index contributed by atoms with van der Waals surface area (Å²) in [6, 6.07) is 0. The molecule has 1 aliphatic carbocycles. The summed E-state index contributed by atoms with van der Waals surface area (Å²) in [6.07, 6.45) is 2.90. The molecule has 0 saturated heterocycles. The molecule has 0 amide bonds. The Morgan fingerprint density at radius 2 is 2.44 bits per heavy atom. The van der Waals surface area contributed by atoms with Gasteiger partial charge in [0.25, 0.3) is 0 Å². The third-order valence-corrected chi connectivity index (χ3v) is 2.19. The van der Waals surface area contributed by atoms with Crippen LogP contribution in [0.4, 0.5) is 0 Å². The van der Waals surface area contributed by atoms with Gasteiger partial charge in [0.15, 0.2) is 0 Å². The lowest BCUT2D eigenvalue weighted by molar-refractivity contribution is 0.140. The van der Waals surface area contributed by atoms with Crippen LogP contribution in [0.5, 0.6) is 0 Å². The van der Waals surface area contributed by atoms with Crippen molar-refractivity contribution >= 4 is 0 Å². The maximum atomic E-state index is 9.30. The number of aliphatic hydroxyl groups is 1. The van der Waals surface area contributed by atoms with Crippen molar-refractivity contribution in [1.82, 2.24) is 0 Å². The summed E-state index contributed by atoms with van der Waals surface area (Å²) in [5, 5.41) is 9.30. The maximum absolute atomic E-state index is 9.30. The Bertz CT molecular complexity index is 118. The first-order valence-corrected chi connectivity index (χ1v) is 3.61. The molecule has 9 heavy (non-hydrogen) atoms. The molecule has 0 radical (unpaired) electrons. The minimum absolute atomic E-state index is 0.0949. The van der Waals surface area contributed by atoms with Gasteiger partial charge in [-0.2, -0.15) is 0 Å². The third kappa shape index (κ3) is 1.16. The lowest BCUT2D eigenvalue weighted by atomic mass is 10.00. The fraction of sp³-hybridized carbons (Fsp3) is 0.750. The van der Waals surface area contributed by atoms with E-state index in [-0.39, 0.29) is 6.10 Å². The summed E-state index contributed by atoms with van der Waals surface area (Å²) in [6.45, 7) is 6.00. The molecule has 1 aliphatic rings. The zero-order valence-corrected chi connectivity index (χ0v) is 5.93. The van der Waals surface area contributed by atoms with Gasteiger partial charge in [-0.05, 0) is 19.3 Å². The Kier molecular flexibility index (Phi) is 1.91. The molecule has 1 rings (SSSR count). The second-order valence-electron chi connectivity index (χ2n) is 2.78. The van der Waals surface area contributed by atoms with E-state index in [2.05, 4.69) is 13.5 Å². The molecule has 1 fully saturated rings. The molecule has 0 aromatic heterocycles. The fourth-order valence-electron chi connectivity index (χ4n) is 1.55. The van der Waals surface area contributed by atoms with Gasteiger partial charge >= 0.3 is 0 Å². The van der Waals surface area contributed by atoms with Crippen molar-refractivity contribution in [3.8, 4) is 0 Å².